The number of nitrogens with zero attached hydrogens (tertiary/aromatic N) is 3. The molecule has 0 aliphatic carbocycles. The Balaban J connectivity index is 3.00. The second-order valence-corrected chi connectivity index (χ2v) is 3.27. The maximum atomic E-state index is 12.5. The van der Waals surface area contributed by atoms with E-state index in [1.165, 1.54) is 25.3 Å². The standard InChI is InChI=1S/C11H10F3N3O/c1-18-10-7-9(11(12,13)14)5-4-8(10)3-2-6-16-17-15/h2-5,7H,6H2,1H3. The highest BCUT2D eigenvalue weighted by atomic mass is 19.4. The fraction of sp³-hybridized carbons (Fsp3) is 0.273. The van der Waals surface area contributed by atoms with E-state index in [1.807, 2.05) is 0 Å². The molecule has 1 aromatic rings. The predicted octanol–water partition coefficient (Wildman–Crippen LogP) is 4.04. The summed E-state index contributed by atoms with van der Waals surface area (Å²) in [5.41, 5.74) is 7.78. The molecule has 0 aromatic heterocycles. The van der Waals surface area contributed by atoms with Crippen LogP contribution in [0, 0.1) is 0 Å². The lowest BCUT2D eigenvalue weighted by Gasteiger charge is -2.10. The molecule has 0 atom stereocenters. The fourth-order valence-electron chi connectivity index (χ4n) is 1.29. The lowest BCUT2D eigenvalue weighted by atomic mass is 10.1. The van der Waals surface area contributed by atoms with E-state index >= 15 is 0 Å². The molecule has 0 fully saturated rings. The first-order valence-corrected chi connectivity index (χ1v) is 4.91. The summed E-state index contributed by atoms with van der Waals surface area (Å²) >= 11 is 0. The molecule has 0 aliphatic heterocycles. The number of ether oxygens (including phenoxy) is 1. The van der Waals surface area contributed by atoms with E-state index in [-0.39, 0.29) is 12.3 Å². The van der Waals surface area contributed by atoms with Crippen molar-refractivity contribution in [1.29, 1.82) is 0 Å². The Morgan fingerprint density at radius 1 is 1.44 bits per heavy atom. The van der Waals surface area contributed by atoms with E-state index in [0.29, 0.717) is 5.56 Å². The average Bonchev–Trinajstić information content (AvgIpc) is 2.33. The fourth-order valence-corrected chi connectivity index (χ4v) is 1.29. The summed E-state index contributed by atoms with van der Waals surface area (Å²) in [6.45, 7) is 0.126. The van der Waals surface area contributed by atoms with Crippen LogP contribution in [0.1, 0.15) is 11.1 Å². The van der Waals surface area contributed by atoms with Crippen LogP contribution in [0.5, 0.6) is 5.75 Å². The quantitative estimate of drug-likeness (QED) is 0.456. The van der Waals surface area contributed by atoms with Gasteiger partial charge in [0.15, 0.2) is 0 Å². The highest BCUT2D eigenvalue weighted by Crippen LogP contribution is 2.33. The van der Waals surface area contributed by atoms with Crippen molar-refractivity contribution in [2.75, 3.05) is 13.7 Å². The first-order chi connectivity index (χ1) is 8.49. The van der Waals surface area contributed by atoms with E-state index in [9.17, 15) is 13.2 Å². The number of hydrogen-bond donors (Lipinski definition) is 0. The number of alkyl halides is 3. The minimum absolute atomic E-state index is 0.113. The van der Waals surface area contributed by atoms with Crippen molar-refractivity contribution in [3.05, 3.63) is 45.8 Å². The molecule has 18 heavy (non-hydrogen) atoms. The zero-order chi connectivity index (χ0) is 13.6. The van der Waals surface area contributed by atoms with Crippen LogP contribution in [-0.4, -0.2) is 13.7 Å². The van der Waals surface area contributed by atoms with Crippen LogP contribution in [-0.2, 0) is 6.18 Å². The van der Waals surface area contributed by atoms with Crippen LogP contribution in [0.4, 0.5) is 13.2 Å². The number of hydrogen-bond acceptors (Lipinski definition) is 2. The summed E-state index contributed by atoms with van der Waals surface area (Å²) in [6.07, 6.45) is -1.33. The Morgan fingerprint density at radius 2 is 2.17 bits per heavy atom. The largest absolute Gasteiger partial charge is 0.496 e. The lowest BCUT2D eigenvalue weighted by molar-refractivity contribution is -0.137. The third-order valence-corrected chi connectivity index (χ3v) is 2.11. The van der Waals surface area contributed by atoms with Crippen LogP contribution < -0.4 is 4.74 Å². The number of methoxy groups -OCH3 is 1. The van der Waals surface area contributed by atoms with Gasteiger partial charge in [0.25, 0.3) is 0 Å². The van der Waals surface area contributed by atoms with Crippen LogP contribution in [0.3, 0.4) is 0 Å². The molecule has 4 nitrogen and oxygen atoms in total. The number of azide groups is 1. The van der Waals surface area contributed by atoms with Crippen molar-refractivity contribution in [3.63, 3.8) is 0 Å². The zero-order valence-electron chi connectivity index (χ0n) is 9.48. The predicted molar refractivity (Wildman–Crippen MR) is 61.0 cm³/mol. The SMILES string of the molecule is COc1cc(C(F)(F)F)ccc1C=CCN=[N+]=[N-]. The van der Waals surface area contributed by atoms with Crippen LogP contribution in [0.25, 0.3) is 16.5 Å². The smallest absolute Gasteiger partial charge is 0.416 e. The molecule has 0 unspecified atom stereocenters. The van der Waals surface area contributed by atoms with Gasteiger partial charge in [-0.2, -0.15) is 13.2 Å². The highest BCUT2D eigenvalue weighted by molar-refractivity contribution is 5.58. The van der Waals surface area contributed by atoms with Crippen molar-refractivity contribution in [1.82, 2.24) is 0 Å². The molecular formula is C11H10F3N3O. The summed E-state index contributed by atoms with van der Waals surface area (Å²) in [5.74, 6) is 0.113. The molecule has 96 valence electrons. The van der Waals surface area contributed by atoms with Gasteiger partial charge in [0.2, 0.25) is 0 Å². The highest BCUT2D eigenvalue weighted by Gasteiger charge is 2.31. The maximum Gasteiger partial charge on any atom is 0.416 e. The van der Waals surface area contributed by atoms with Crippen molar-refractivity contribution in [2.24, 2.45) is 5.11 Å². The second kappa shape index (κ2) is 5.97. The van der Waals surface area contributed by atoms with E-state index < -0.39 is 11.7 Å². The average molecular weight is 257 g/mol. The number of benzene rings is 1. The normalized spacial score (nSPS) is 11.3. The van der Waals surface area contributed by atoms with Gasteiger partial charge in [-0.05, 0) is 17.7 Å². The van der Waals surface area contributed by atoms with E-state index in [1.54, 1.807) is 0 Å². The molecule has 1 rings (SSSR count). The van der Waals surface area contributed by atoms with Crippen LogP contribution in [0.15, 0.2) is 29.4 Å². The van der Waals surface area contributed by atoms with Crippen molar-refractivity contribution in [3.8, 4) is 5.75 Å². The Hall–Kier alpha value is -2.14. The van der Waals surface area contributed by atoms with Gasteiger partial charge >= 0.3 is 6.18 Å². The minimum atomic E-state index is -4.40. The van der Waals surface area contributed by atoms with E-state index in [2.05, 4.69) is 10.0 Å². The molecular weight excluding hydrogens is 247 g/mol. The molecule has 0 radical (unpaired) electrons. The number of rotatable bonds is 4. The van der Waals surface area contributed by atoms with E-state index in [0.717, 1.165) is 12.1 Å². The van der Waals surface area contributed by atoms with Crippen molar-refractivity contribution >= 4 is 6.08 Å². The third-order valence-electron chi connectivity index (χ3n) is 2.11. The summed E-state index contributed by atoms with van der Waals surface area (Å²) in [4.78, 5) is 2.55. The van der Waals surface area contributed by atoms with Crippen molar-refractivity contribution < 1.29 is 17.9 Å². The minimum Gasteiger partial charge on any atom is -0.496 e. The topological polar surface area (TPSA) is 58.0 Å². The van der Waals surface area contributed by atoms with Crippen LogP contribution in [0.2, 0.25) is 0 Å². The molecule has 0 saturated heterocycles. The molecule has 0 bridgehead atoms. The van der Waals surface area contributed by atoms with Gasteiger partial charge in [-0.3, -0.25) is 0 Å². The second-order valence-electron chi connectivity index (χ2n) is 3.27. The van der Waals surface area contributed by atoms with Crippen molar-refractivity contribution in [2.45, 2.75) is 6.18 Å². The first-order valence-electron chi connectivity index (χ1n) is 4.91. The summed E-state index contributed by atoms with van der Waals surface area (Å²) in [5, 5.41) is 3.27. The first kappa shape index (κ1) is 13.9. The van der Waals surface area contributed by atoms with Gasteiger partial charge in [0.1, 0.15) is 5.75 Å². The Morgan fingerprint density at radius 3 is 2.72 bits per heavy atom. The zero-order valence-corrected chi connectivity index (χ0v) is 9.48. The monoisotopic (exact) mass is 257 g/mol. The molecule has 0 N–H and O–H groups in total. The molecule has 0 saturated carbocycles. The van der Waals surface area contributed by atoms with E-state index in [4.69, 9.17) is 10.3 Å². The van der Waals surface area contributed by atoms with Gasteiger partial charge in [0, 0.05) is 17.0 Å². The summed E-state index contributed by atoms with van der Waals surface area (Å²) in [7, 11) is 1.29. The molecule has 0 aliphatic rings. The maximum absolute atomic E-state index is 12.5. The molecule has 0 heterocycles. The molecule has 1 aromatic carbocycles. The van der Waals surface area contributed by atoms with Gasteiger partial charge in [-0.1, -0.05) is 23.3 Å². The third kappa shape index (κ3) is 3.71. The van der Waals surface area contributed by atoms with Gasteiger partial charge in [-0.25, -0.2) is 0 Å². The summed E-state index contributed by atoms with van der Waals surface area (Å²) < 4.78 is 42.3. The lowest BCUT2D eigenvalue weighted by Crippen LogP contribution is -2.05. The summed E-state index contributed by atoms with van der Waals surface area (Å²) in [6, 6.07) is 3.19. The van der Waals surface area contributed by atoms with Crippen LogP contribution >= 0.6 is 0 Å². The van der Waals surface area contributed by atoms with Gasteiger partial charge in [0.05, 0.1) is 12.7 Å². The molecule has 0 amide bonds. The Kier molecular flexibility index (Phi) is 4.62. The Bertz CT molecular complexity index is 491. The van der Waals surface area contributed by atoms with Gasteiger partial charge in [-0.15, -0.1) is 0 Å². The number of halogens is 3. The Labute approximate surface area is 101 Å². The molecule has 7 heteroatoms. The molecule has 0 spiro atoms. The van der Waals surface area contributed by atoms with Gasteiger partial charge < -0.3 is 4.74 Å².